The van der Waals surface area contributed by atoms with Crippen LogP contribution in [0.5, 0.6) is 0 Å². The molecule has 0 atom stereocenters. The predicted molar refractivity (Wildman–Crippen MR) is 148 cm³/mol. The van der Waals surface area contributed by atoms with Crippen LogP contribution in [0.3, 0.4) is 0 Å². The molecule has 6 aromatic carbocycles. The zero-order valence-electron chi connectivity index (χ0n) is 18.8. The maximum atomic E-state index is 6.61. The van der Waals surface area contributed by atoms with E-state index in [1.54, 1.807) is 0 Å². The number of anilines is 3. The second-order valence-corrected chi connectivity index (χ2v) is 9.17. The van der Waals surface area contributed by atoms with Gasteiger partial charge in [0, 0.05) is 44.3 Å². The highest BCUT2D eigenvalue weighted by Crippen LogP contribution is 2.43. The fraction of sp³-hybridized carbons (Fsp3) is 0. The third-order valence-corrected chi connectivity index (χ3v) is 6.91. The van der Waals surface area contributed by atoms with Gasteiger partial charge in [-0.3, -0.25) is 0 Å². The third kappa shape index (κ3) is 3.18. The Morgan fingerprint density at radius 2 is 1.11 bits per heavy atom. The van der Waals surface area contributed by atoms with E-state index >= 15 is 0 Å². The van der Waals surface area contributed by atoms with E-state index in [-0.39, 0.29) is 0 Å². The van der Waals surface area contributed by atoms with Crippen molar-refractivity contribution in [3.8, 4) is 0 Å². The Morgan fingerprint density at radius 1 is 0.486 bits per heavy atom. The van der Waals surface area contributed by atoms with E-state index in [0.29, 0.717) is 0 Å². The van der Waals surface area contributed by atoms with Gasteiger partial charge in [0.25, 0.3) is 0 Å². The number of hydrogen-bond acceptors (Lipinski definition) is 2. The van der Waals surface area contributed by atoms with Crippen LogP contribution in [-0.4, -0.2) is 0 Å². The molecule has 35 heavy (non-hydrogen) atoms. The normalized spacial score (nSPS) is 11.6. The Bertz CT molecular complexity index is 1820. The van der Waals surface area contributed by atoms with Crippen LogP contribution in [0.1, 0.15) is 0 Å². The first kappa shape index (κ1) is 20.1. The summed E-state index contributed by atoms with van der Waals surface area (Å²) in [6.07, 6.45) is 0. The average molecular weight is 470 g/mol. The maximum Gasteiger partial charge on any atom is 0.143 e. The molecule has 0 aliphatic heterocycles. The summed E-state index contributed by atoms with van der Waals surface area (Å²) in [5, 5.41) is 7.49. The summed E-state index contributed by atoms with van der Waals surface area (Å²) in [5.74, 6) is 0. The van der Waals surface area contributed by atoms with Gasteiger partial charge in [-0.1, -0.05) is 78.3 Å². The van der Waals surface area contributed by atoms with Gasteiger partial charge in [-0.2, -0.15) is 0 Å². The number of furan rings is 1. The van der Waals surface area contributed by atoms with Crippen LogP contribution in [0.25, 0.3) is 43.5 Å². The molecule has 7 aromatic rings. The highest BCUT2D eigenvalue weighted by atomic mass is 35.5. The average Bonchev–Trinajstić information content (AvgIpc) is 3.29. The number of nitrogens with zero attached hydrogens (tertiary/aromatic N) is 1. The molecule has 0 aliphatic rings. The van der Waals surface area contributed by atoms with Gasteiger partial charge in [-0.05, 0) is 64.7 Å². The molecule has 0 bridgehead atoms. The first-order chi connectivity index (χ1) is 17.3. The summed E-state index contributed by atoms with van der Waals surface area (Å²) < 4.78 is 6.61. The monoisotopic (exact) mass is 469 g/mol. The Kier molecular flexibility index (Phi) is 4.54. The first-order valence-electron chi connectivity index (χ1n) is 11.6. The fourth-order valence-corrected chi connectivity index (χ4v) is 5.33. The van der Waals surface area contributed by atoms with Crippen LogP contribution in [0.15, 0.2) is 126 Å². The van der Waals surface area contributed by atoms with Crippen molar-refractivity contribution >= 4 is 72.1 Å². The molecule has 3 heteroatoms. The highest BCUT2D eigenvalue weighted by Gasteiger charge is 2.18. The van der Waals surface area contributed by atoms with E-state index < -0.39 is 0 Å². The van der Waals surface area contributed by atoms with Crippen LogP contribution in [0.2, 0.25) is 5.02 Å². The molecule has 0 unspecified atom stereocenters. The number of para-hydroxylation sites is 2. The van der Waals surface area contributed by atoms with E-state index in [2.05, 4.69) is 108 Å². The molecule has 0 saturated carbocycles. The standard InChI is InChI=1S/C32H20ClNO/c33-21-15-17-26-29(19-21)25-13-7-8-14-27(25)32-31(26)28-18-16-24(20-30(28)35-32)34(22-9-3-1-4-10-22)23-11-5-2-6-12-23/h1-20H. The molecular weight excluding hydrogens is 450 g/mol. The Hall–Kier alpha value is -4.27. The van der Waals surface area contributed by atoms with Gasteiger partial charge in [0.1, 0.15) is 11.2 Å². The summed E-state index contributed by atoms with van der Waals surface area (Å²) in [5.41, 5.74) is 5.01. The molecule has 1 heterocycles. The minimum atomic E-state index is 0.735. The first-order valence-corrected chi connectivity index (χ1v) is 12.0. The minimum absolute atomic E-state index is 0.735. The van der Waals surface area contributed by atoms with Gasteiger partial charge in [-0.25, -0.2) is 0 Å². The molecule has 0 N–H and O–H groups in total. The van der Waals surface area contributed by atoms with Crippen LogP contribution in [-0.2, 0) is 0 Å². The fourth-order valence-electron chi connectivity index (χ4n) is 5.16. The van der Waals surface area contributed by atoms with E-state index in [9.17, 15) is 0 Å². The van der Waals surface area contributed by atoms with Gasteiger partial charge in [0.2, 0.25) is 0 Å². The van der Waals surface area contributed by atoms with Crippen LogP contribution < -0.4 is 4.90 Å². The van der Waals surface area contributed by atoms with Gasteiger partial charge in [0.15, 0.2) is 0 Å². The summed E-state index contributed by atoms with van der Waals surface area (Å²) in [7, 11) is 0. The number of halogens is 1. The predicted octanol–water partition coefficient (Wildman–Crippen LogP) is 10.0. The van der Waals surface area contributed by atoms with Crippen LogP contribution >= 0.6 is 11.6 Å². The topological polar surface area (TPSA) is 16.4 Å². The van der Waals surface area contributed by atoms with E-state index in [4.69, 9.17) is 16.0 Å². The number of benzene rings is 6. The van der Waals surface area contributed by atoms with Crippen molar-refractivity contribution in [1.29, 1.82) is 0 Å². The summed E-state index contributed by atoms with van der Waals surface area (Å²) in [6.45, 7) is 0. The summed E-state index contributed by atoms with van der Waals surface area (Å²) in [6, 6.07) is 41.8. The Labute approximate surface area is 207 Å². The molecule has 0 aliphatic carbocycles. The van der Waals surface area contributed by atoms with Crippen molar-refractivity contribution in [3.63, 3.8) is 0 Å². The molecule has 2 nitrogen and oxygen atoms in total. The van der Waals surface area contributed by atoms with Gasteiger partial charge in [0.05, 0.1) is 0 Å². The van der Waals surface area contributed by atoms with Crippen LogP contribution in [0.4, 0.5) is 17.1 Å². The Balaban J connectivity index is 1.54. The largest absolute Gasteiger partial charge is 0.455 e. The minimum Gasteiger partial charge on any atom is -0.455 e. The number of fused-ring (bicyclic) bond motifs is 8. The molecule has 0 saturated heterocycles. The third-order valence-electron chi connectivity index (χ3n) is 6.67. The van der Waals surface area contributed by atoms with E-state index in [1.807, 2.05) is 18.2 Å². The summed E-state index contributed by atoms with van der Waals surface area (Å²) >= 11 is 6.41. The summed E-state index contributed by atoms with van der Waals surface area (Å²) in [4.78, 5) is 2.25. The molecular formula is C32H20ClNO. The molecule has 0 spiro atoms. The molecule has 7 rings (SSSR count). The number of hydrogen-bond donors (Lipinski definition) is 0. The second kappa shape index (κ2) is 7.90. The zero-order valence-corrected chi connectivity index (χ0v) is 19.5. The lowest BCUT2D eigenvalue weighted by atomic mass is 9.97. The van der Waals surface area contributed by atoms with Crippen molar-refractivity contribution < 1.29 is 4.42 Å². The lowest BCUT2D eigenvalue weighted by Gasteiger charge is -2.25. The van der Waals surface area contributed by atoms with Gasteiger partial charge >= 0.3 is 0 Å². The quantitative estimate of drug-likeness (QED) is 0.239. The zero-order chi connectivity index (χ0) is 23.4. The van der Waals surface area contributed by atoms with Crippen molar-refractivity contribution in [2.45, 2.75) is 0 Å². The maximum absolute atomic E-state index is 6.61. The lowest BCUT2D eigenvalue weighted by Crippen LogP contribution is -2.09. The SMILES string of the molecule is Clc1ccc2c(c1)c1ccccc1c1oc3cc(N(c4ccccc4)c4ccccc4)ccc3c21. The molecule has 1 aromatic heterocycles. The highest BCUT2D eigenvalue weighted by molar-refractivity contribution is 6.34. The van der Waals surface area contributed by atoms with Crippen LogP contribution in [0, 0.1) is 0 Å². The van der Waals surface area contributed by atoms with Crippen molar-refractivity contribution in [2.75, 3.05) is 4.90 Å². The second-order valence-electron chi connectivity index (χ2n) is 8.73. The van der Waals surface area contributed by atoms with Gasteiger partial charge in [-0.15, -0.1) is 0 Å². The smallest absolute Gasteiger partial charge is 0.143 e. The van der Waals surface area contributed by atoms with Crippen molar-refractivity contribution in [3.05, 3.63) is 126 Å². The lowest BCUT2D eigenvalue weighted by molar-refractivity contribution is 0.673. The number of rotatable bonds is 3. The molecule has 0 radical (unpaired) electrons. The van der Waals surface area contributed by atoms with E-state index in [1.165, 1.54) is 0 Å². The van der Waals surface area contributed by atoms with E-state index in [0.717, 1.165) is 65.6 Å². The Morgan fingerprint density at radius 3 is 1.83 bits per heavy atom. The van der Waals surface area contributed by atoms with Crippen molar-refractivity contribution in [1.82, 2.24) is 0 Å². The van der Waals surface area contributed by atoms with Gasteiger partial charge < -0.3 is 9.32 Å². The molecule has 166 valence electrons. The molecule has 0 amide bonds. The van der Waals surface area contributed by atoms with Crippen molar-refractivity contribution in [2.24, 2.45) is 0 Å². The molecule has 0 fully saturated rings.